The summed E-state index contributed by atoms with van der Waals surface area (Å²) in [6.07, 6.45) is 0. The van der Waals surface area contributed by atoms with Gasteiger partial charge in [0, 0.05) is 0 Å². The van der Waals surface area contributed by atoms with Crippen LogP contribution in [0.3, 0.4) is 0 Å². The zero-order valence-electron chi connectivity index (χ0n) is 69.1. The predicted octanol–water partition coefficient (Wildman–Crippen LogP) is 24.5. The first-order valence-electron chi connectivity index (χ1n) is 39.8. The van der Waals surface area contributed by atoms with E-state index in [4.69, 9.17) is 0 Å². The Morgan fingerprint density at radius 1 is 0.163 bits per heavy atom. The van der Waals surface area contributed by atoms with Crippen LogP contribution in [0.25, 0.3) is 0 Å². The minimum Gasteiger partial charge on any atom is -0.176 e. The van der Waals surface area contributed by atoms with E-state index in [2.05, 4.69) is 322 Å². The molecule has 0 aromatic heterocycles. The Hall–Kier alpha value is -2.80. The van der Waals surface area contributed by atoms with Crippen molar-refractivity contribution < 1.29 is 0 Å². The van der Waals surface area contributed by atoms with Gasteiger partial charge in [0.25, 0.3) is 0 Å². The van der Waals surface area contributed by atoms with Crippen LogP contribution in [-0.2, 0) is 0 Å². The Labute approximate surface area is 616 Å². The average Bonchev–Trinajstić information content (AvgIpc) is 0.521. The lowest BCUT2D eigenvalue weighted by molar-refractivity contribution is 0.807. The summed E-state index contributed by atoms with van der Waals surface area (Å²) >= 11 is 22.8. The highest BCUT2D eigenvalue weighted by atomic mass is 35.6. The maximum atomic E-state index is 11.4. The van der Waals surface area contributed by atoms with Gasteiger partial charge in [-0.2, -0.15) is 22.2 Å². The van der Waals surface area contributed by atoms with Crippen LogP contribution in [0.1, 0.15) is 456 Å². The molecule has 98 heavy (non-hydrogen) atoms. The van der Waals surface area contributed by atoms with Crippen LogP contribution in [0.4, 0.5) is 0 Å². The summed E-state index contributed by atoms with van der Waals surface area (Å²) in [5, 5.41) is 11.0. The van der Waals surface area contributed by atoms with Gasteiger partial charge in [-0.05, 0) is 207 Å². The first-order valence-corrected chi connectivity index (χ1v) is 61.8. The van der Waals surface area contributed by atoms with E-state index in [9.17, 15) is 22.2 Å². The molecule has 0 radical (unpaired) electrons. The summed E-state index contributed by atoms with van der Waals surface area (Å²) in [4.78, 5) is 0. The third-order valence-corrected chi connectivity index (χ3v) is 257. The van der Waals surface area contributed by atoms with Crippen LogP contribution in [0.15, 0.2) is 72.8 Å². The zero-order valence-corrected chi connectivity index (χ0v) is 76.6. The molecule has 5 heterocycles. The van der Waals surface area contributed by atoms with Crippen LogP contribution in [-0.4, -0.2) is 39.3 Å². The van der Waals surface area contributed by atoms with Gasteiger partial charge in [0.05, 0.1) is 13.3 Å². The fraction of sp³-hybridized carbons (Fsp3) is 0.600. The zero-order chi connectivity index (χ0) is 73.7. The van der Waals surface area contributed by atoms with Crippen molar-refractivity contribution >= 4 is 92.6 Å². The van der Waals surface area contributed by atoms with Gasteiger partial charge in [-0.3, -0.25) is 0 Å². The summed E-state index contributed by atoms with van der Waals surface area (Å²) in [6, 6.07) is 34.0. The number of hydrogen-bond donors (Lipinski definition) is 0. The highest BCUT2D eigenvalue weighted by molar-refractivity contribution is 8.81. The van der Waals surface area contributed by atoms with Crippen LogP contribution < -0.4 is 31.1 Å². The topological polar surface area (TPSA) is 0 Å². The normalized spacial score (nSPS) is 21.3. The van der Waals surface area contributed by atoms with Crippen molar-refractivity contribution in [3.8, 4) is 0 Å². The van der Waals surface area contributed by atoms with Crippen molar-refractivity contribution in [1.82, 2.24) is 0 Å². The Balaban J connectivity index is 1.93. The molecule has 4 bridgehead atoms. The van der Waals surface area contributed by atoms with E-state index >= 15 is 0 Å². The second kappa shape index (κ2) is 27.9. The molecule has 5 aliphatic heterocycles. The molecule has 0 saturated carbocycles. The van der Waals surface area contributed by atoms with Crippen molar-refractivity contribution in [1.29, 1.82) is 0 Å². The molecule has 536 valence electrons. The molecule has 5 aliphatic rings. The third kappa shape index (κ3) is 10.6. The van der Waals surface area contributed by atoms with Crippen molar-refractivity contribution in [2.45, 2.75) is 356 Å². The molecule has 5 fully saturated rings. The van der Waals surface area contributed by atoms with Gasteiger partial charge in [0.15, 0.2) is 11.9 Å². The molecule has 0 unspecified atom stereocenters. The standard InChI is InChI=1S/C90H138Cl2Si6/c1-49(2)67-37-73(55(13)14)85(74(38-67)56(15)16)93(86-75(57(17)18)39-68(50(3)4)40-76(86)58(19)20)95(89-81(63(29)30)45-71(53(9)10)46-82(89)64(31)32)96(90-83(65(33)34)47-72(54(11)12)48-84(90)66(35)36)94(98(95,92)97(93,96)91,87-77(59(21)22)41-69(51(5)6)42-78(87)60(23)24)88-79(61(25)26)43-70(52(7)8)44-80(88)62(27)28/h37-66H,1-36H3/t95-,96-,97+,98+/m1/s1. The third-order valence-electron chi connectivity index (χ3n) is 25.3. The van der Waals surface area contributed by atoms with Gasteiger partial charge >= 0.3 is 0 Å². The second-order valence-corrected chi connectivity index (χ2v) is 115. The number of benzene rings is 6. The van der Waals surface area contributed by atoms with E-state index in [1.165, 1.54) is 33.4 Å². The first kappa shape index (κ1) is 79.3. The van der Waals surface area contributed by atoms with Crippen LogP contribution in [0.5, 0.6) is 0 Å². The van der Waals surface area contributed by atoms with E-state index in [1.807, 2.05) is 31.1 Å². The van der Waals surface area contributed by atoms with Crippen molar-refractivity contribution in [3.05, 3.63) is 173 Å². The van der Waals surface area contributed by atoms with Crippen LogP contribution in [0.2, 0.25) is 0 Å². The van der Waals surface area contributed by atoms with Crippen molar-refractivity contribution in [3.63, 3.8) is 0 Å². The smallest absolute Gasteiger partial charge is 0.153 e. The highest BCUT2D eigenvalue weighted by Gasteiger charge is 3.28. The van der Waals surface area contributed by atoms with Gasteiger partial charge in [-0.25, -0.2) is 0 Å². The molecule has 8 heteroatoms. The molecule has 0 nitrogen and oxygen atoms in total. The quantitative estimate of drug-likeness (QED) is 0.0419. The molecule has 6 aromatic carbocycles. The van der Waals surface area contributed by atoms with Crippen molar-refractivity contribution in [2.24, 2.45) is 0 Å². The monoisotopic (exact) mass is 1460 g/mol. The lowest BCUT2D eigenvalue weighted by atomic mass is 9.89. The predicted molar refractivity (Wildman–Crippen MR) is 456 cm³/mol. The highest BCUT2D eigenvalue weighted by Crippen LogP contribution is 2.87. The fourth-order valence-corrected chi connectivity index (χ4v) is 518. The summed E-state index contributed by atoms with van der Waals surface area (Å²) < 4.78 is 0. The Bertz CT molecular complexity index is 3410. The molecule has 0 amide bonds. The van der Waals surface area contributed by atoms with Crippen LogP contribution in [0, 0.1) is 0 Å². The number of rotatable bonds is 24. The molecule has 4 atom stereocenters. The summed E-state index contributed by atoms with van der Waals surface area (Å²) in [5.74, 6) is -1.87. The number of halogens is 2. The van der Waals surface area contributed by atoms with Gasteiger partial charge in [0.2, 0.25) is 0 Å². The summed E-state index contributed by atoms with van der Waals surface area (Å²) in [7, 11) is -7.15. The molecule has 11 rings (SSSR count). The Morgan fingerprint density at radius 2 is 0.265 bits per heavy atom. The maximum Gasteiger partial charge on any atom is 0.153 e. The molecule has 6 aromatic rings. The lowest BCUT2D eigenvalue weighted by Gasteiger charge is -3.08. The van der Waals surface area contributed by atoms with E-state index < -0.39 is 39.3 Å². The minimum absolute atomic E-state index is 0.260. The molecular formula is C90H138Cl2Si6. The minimum atomic E-state index is -3.62. The number of hydrogen-bond acceptors (Lipinski definition) is 0. The molecule has 0 aliphatic carbocycles. The van der Waals surface area contributed by atoms with Crippen molar-refractivity contribution in [2.75, 3.05) is 0 Å². The van der Waals surface area contributed by atoms with E-state index in [0.29, 0.717) is 35.5 Å². The summed E-state index contributed by atoms with van der Waals surface area (Å²) in [5.41, 5.74) is 28.6. The molecule has 0 N–H and O–H groups in total. The van der Waals surface area contributed by atoms with E-state index in [0.717, 1.165) is 0 Å². The van der Waals surface area contributed by atoms with Gasteiger partial charge in [-0.1, -0.05) is 353 Å². The lowest BCUT2D eigenvalue weighted by Crippen LogP contribution is -3.53. The van der Waals surface area contributed by atoms with Crippen LogP contribution >= 0.6 is 22.2 Å². The maximum absolute atomic E-state index is 11.4. The summed E-state index contributed by atoms with van der Waals surface area (Å²) in [6.45, 7) is 85.0. The molecular weight excluding hydrogens is 1320 g/mol. The van der Waals surface area contributed by atoms with Gasteiger partial charge < -0.3 is 0 Å². The van der Waals surface area contributed by atoms with Gasteiger partial charge in [0.1, 0.15) is 14.2 Å². The fourth-order valence-electron chi connectivity index (χ4n) is 20.5. The van der Waals surface area contributed by atoms with Gasteiger partial charge in [-0.15, -0.1) is 0 Å². The van der Waals surface area contributed by atoms with E-state index in [-0.39, 0.29) is 71.0 Å². The first-order chi connectivity index (χ1) is 45.3. The molecule has 0 spiro atoms. The molecule has 5 saturated heterocycles. The Kier molecular flexibility index (Phi) is 22.6. The largest absolute Gasteiger partial charge is 0.176 e. The van der Waals surface area contributed by atoms with E-state index in [1.54, 1.807) is 66.8 Å². The SMILES string of the molecule is CC(C)c1cc(C(C)C)c([Si]2(c3c(C(C)C)cc(C(C)C)cc3C(C)C)[Si@]3(Cl)[Si@@]4(Cl)[Si](c5c(C(C)C)cc(C(C)C)cc5C(C)C)(c5c(C(C)C)cc(C(C)C)cc5C(C)C)[Si@]3(c3c(C(C)C)cc(C(C)C)cc3C(C)C)[Si@@]24c2c(C(C)C)cc(C(C)C)cc2C(C)C)c(C(C)C)c1. The average molecular weight is 1460 g/mol. The Morgan fingerprint density at radius 3 is 0.357 bits per heavy atom. The second-order valence-electron chi connectivity index (χ2n) is 37.5.